The second-order valence-electron chi connectivity index (χ2n) is 5.70. The zero-order valence-corrected chi connectivity index (χ0v) is 12.0. The fourth-order valence-corrected chi connectivity index (χ4v) is 2.72. The lowest BCUT2D eigenvalue weighted by atomic mass is 9.89. The van der Waals surface area contributed by atoms with Crippen molar-refractivity contribution in [3.8, 4) is 0 Å². The lowest BCUT2D eigenvalue weighted by molar-refractivity contribution is 0.0650. The molecule has 1 aliphatic heterocycles. The second kappa shape index (κ2) is 6.11. The van der Waals surface area contributed by atoms with E-state index in [4.69, 9.17) is 9.52 Å². The van der Waals surface area contributed by atoms with Gasteiger partial charge in [0.1, 0.15) is 0 Å². The molecule has 0 radical (unpaired) electrons. The first-order valence-corrected chi connectivity index (χ1v) is 7.11. The zero-order chi connectivity index (χ0) is 14.7. The summed E-state index contributed by atoms with van der Waals surface area (Å²) in [5.41, 5.74) is 0. The molecule has 1 N–H and O–H groups in total. The molecule has 2 heterocycles. The minimum Gasteiger partial charge on any atom is -0.475 e. The van der Waals surface area contributed by atoms with Crippen molar-refractivity contribution in [3.05, 3.63) is 23.7 Å². The van der Waals surface area contributed by atoms with Gasteiger partial charge in [0.15, 0.2) is 5.76 Å². The van der Waals surface area contributed by atoms with Crippen LogP contribution >= 0.6 is 0 Å². The normalized spacial score (nSPS) is 19.9. The molecule has 1 fully saturated rings. The van der Waals surface area contributed by atoms with Gasteiger partial charge in [-0.1, -0.05) is 13.8 Å². The summed E-state index contributed by atoms with van der Waals surface area (Å²) >= 11 is 0. The van der Waals surface area contributed by atoms with Crippen LogP contribution in [0, 0.1) is 11.8 Å². The first kappa shape index (κ1) is 14.6. The van der Waals surface area contributed by atoms with Crippen molar-refractivity contribution in [1.82, 2.24) is 4.90 Å². The molecule has 1 amide bonds. The molecule has 2 rings (SSSR count). The number of aromatic carboxylic acids is 1. The Morgan fingerprint density at radius 2 is 1.95 bits per heavy atom. The maximum absolute atomic E-state index is 12.3. The molecule has 0 saturated carbocycles. The van der Waals surface area contributed by atoms with Gasteiger partial charge in [-0.2, -0.15) is 0 Å². The third kappa shape index (κ3) is 3.21. The van der Waals surface area contributed by atoms with Gasteiger partial charge in [-0.25, -0.2) is 4.79 Å². The van der Waals surface area contributed by atoms with Crippen LogP contribution in [0.3, 0.4) is 0 Å². The summed E-state index contributed by atoms with van der Waals surface area (Å²) in [7, 11) is 0. The van der Waals surface area contributed by atoms with Crippen LogP contribution in [0.1, 0.15) is 54.2 Å². The number of furan rings is 1. The number of likely N-dealkylation sites (tertiary alicyclic amines) is 1. The van der Waals surface area contributed by atoms with Crippen LogP contribution in [0.4, 0.5) is 0 Å². The van der Waals surface area contributed by atoms with E-state index in [1.54, 1.807) is 4.90 Å². The first-order chi connectivity index (χ1) is 9.49. The highest BCUT2D eigenvalue weighted by molar-refractivity contribution is 5.93. The number of carboxylic acids is 1. The topological polar surface area (TPSA) is 70.8 Å². The summed E-state index contributed by atoms with van der Waals surface area (Å²) in [4.78, 5) is 24.8. The molecular formula is C15H21NO4. The predicted molar refractivity (Wildman–Crippen MR) is 73.7 cm³/mol. The molecule has 20 heavy (non-hydrogen) atoms. The monoisotopic (exact) mass is 279 g/mol. The van der Waals surface area contributed by atoms with Crippen LogP contribution in [0.25, 0.3) is 0 Å². The van der Waals surface area contributed by atoms with Crippen molar-refractivity contribution in [2.24, 2.45) is 11.8 Å². The number of nitrogens with zero attached hydrogens (tertiary/aromatic N) is 1. The molecule has 1 aromatic rings. The van der Waals surface area contributed by atoms with E-state index < -0.39 is 5.97 Å². The second-order valence-corrected chi connectivity index (χ2v) is 5.70. The summed E-state index contributed by atoms with van der Waals surface area (Å²) in [5, 5.41) is 8.81. The lowest BCUT2D eigenvalue weighted by Crippen LogP contribution is -2.31. The number of carbonyl (C=O) groups excluding carboxylic acids is 1. The maximum Gasteiger partial charge on any atom is 0.371 e. The highest BCUT2D eigenvalue weighted by atomic mass is 16.4. The van der Waals surface area contributed by atoms with E-state index >= 15 is 0 Å². The summed E-state index contributed by atoms with van der Waals surface area (Å²) < 4.78 is 5.08. The fourth-order valence-electron chi connectivity index (χ4n) is 2.72. The molecule has 0 aliphatic carbocycles. The Kier molecular flexibility index (Phi) is 4.47. The van der Waals surface area contributed by atoms with E-state index in [0.29, 0.717) is 24.9 Å². The Bertz CT molecular complexity index is 492. The Labute approximate surface area is 118 Å². The van der Waals surface area contributed by atoms with Gasteiger partial charge in [-0.15, -0.1) is 0 Å². The molecule has 1 aromatic heterocycles. The minimum atomic E-state index is -1.15. The third-order valence-corrected chi connectivity index (χ3v) is 4.03. The standard InChI is InChI=1S/C15H21NO4/c1-10(2)11-4-3-8-16(9-7-11)14(17)12-5-6-13(20-12)15(18)19/h5-6,10-11H,3-4,7-9H2,1-2H3,(H,18,19). The molecule has 1 saturated heterocycles. The average Bonchev–Trinajstić information content (AvgIpc) is 2.76. The predicted octanol–water partition coefficient (Wildman–Crippen LogP) is 2.88. The highest BCUT2D eigenvalue weighted by Crippen LogP contribution is 2.25. The van der Waals surface area contributed by atoms with Gasteiger partial charge in [-0.05, 0) is 43.2 Å². The number of amides is 1. The van der Waals surface area contributed by atoms with E-state index in [9.17, 15) is 9.59 Å². The average molecular weight is 279 g/mol. The SMILES string of the molecule is CC(C)C1CCCN(C(=O)c2ccc(C(=O)O)o2)CC1. The summed E-state index contributed by atoms with van der Waals surface area (Å²) in [5.74, 6) is -0.151. The largest absolute Gasteiger partial charge is 0.475 e. The smallest absolute Gasteiger partial charge is 0.371 e. The van der Waals surface area contributed by atoms with E-state index in [2.05, 4.69) is 13.8 Å². The Morgan fingerprint density at radius 1 is 1.25 bits per heavy atom. The molecule has 1 unspecified atom stereocenters. The van der Waals surface area contributed by atoms with Gasteiger partial charge < -0.3 is 14.4 Å². The molecule has 5 nitrogen and oxygen atoms in total. The third-order valence-electron chi connectivity index (χ3n) is 4.03. The Hall–Kier alpha value is -1.78. The van der Waals surface area contributed by atoms with Crippen molar-refractivity contribution >= 4 is 11.9 Å². The zero-order valence-electron chi connectivity index (χ0n) is 12.0. The molecular weight excluding hydrogens is 258 g/mol. The number of hydrogen-bond acceptors (Lipinski definition) is 3. The van der Waals surface area contributed by atoms with Crippen LogP contribution in [-0.2, 0) is 0 Å². The van der Waals surface area contributed by atoms with E-state index in [0.717, 1.165) is 19.3 Å². The van der Waals surface area contributed by atoms with Gasteiger partial charge in [0, 0.05) is 13.1 Å². The molecule has 0 aromatic carbocycles. The summed E-state index contributed by atoms with van der Waals surface area (Å²) in [6.45, 7) is 5.86. The van der Waals surface area contributed by atoms with Crippen molar-refractivity contribution in [1.29, 1.82) is 0 Å². The first-order valence-electron chi connectivity index (χ1n) is 7.11. The van der Waals surface area contributed by atoms with Gasteiger partial charge >= 0.3 is 5.97 Å². The van der Waals surface area contributed by atoms with E-state index in [1.165, 1.54) is 12.1 Å². The molecule has 1 atom stereocenters. The van der Waals surface area contributed by atoms with E-state index in [-0.39, 0.29) is 17.4 Å². The highest BCUT2D eigenvalue weighted by Gasteiger charge is 2.25. The van der Waals surface area contributed by atoms with Crippen LogP contribution in [0.2, 0.25) is 0 Å². The van der Waals surface area contributed by atoms with Gasteiger partial charge in [-0.3, -0.25) is 4.79 Å². The van der Waals surface area contributed by atoms with Crippen LogP contribution in [-0.4, -0.2) is 35.0 Å². The number of carboxylic acid groups (broad SMARTS) is 1. The van der Waals surface area contributed by atoms with E-state index in [1.807, 2.05) is 0 Å². The Morgan fingerprint density at radius 3 is 2.55 bits per heavy atom. The number of carbonyl (C=O) groups is 2. The van der Waals surface area contributed by atoms with Crippen molar-refractivity contribution in [2.75, 3.05) is 13.1 Å². The quantitative estimate of drug-likeness (QED) is 0.923. The summed E-state index contributed by atoms with van der Waals surface area (Å²) in [6.07, 6.45) is 3.12. The number of hydrogen-bond donors (Lipinski definition) is 1. The van der Waals surface area contributed by atoms with Crippen LogP contribution in [0.15, 0.2) is 16.5 Å². The van der Waals surface area contributed by atoms with Gasteiger partial charge in [0.05, 0.1) is 0 Å². The van der Waals surface area contributed by atoms with Crippen molar-refractivity contribution in [2.45, 2.75) is 33.1 Å². The Balaban J connectivity index is 2.03. The van der Waals surface area contributed by atoms with Crippen molar-refractivity contribution < 1.29 is 19.1 Å². The minimum absolute atomic E-state index is 0.116. The van der Waals surface area contributed by atoms with Gasteiger partial charge in [0.2, 0.25) is 5.76 Å². The molecule has 5 heteroatoms. The number of rotatable bonds is 3. The molecule has 0 spiro atoms. The summed E-state index contributed by atoms with van der Waals surface area (Å²) in [6, 6.07) is 2.76. The molecule has 0 bridgehead atoms. The van der Waals surface area contributed by atoms with Crippen molar-refractivity contribution in [3.63, 3.8) is 0 Å². The van der Waals surface area contributed by atoms with Crippen LogP contribution < -0.4 is 0 Å². The van der Waals surface area contributed by atoms with Crippen LogP contribution in [0.5, 0.6) is 0 Å². The van der Waals surface area contributed by atoms with Gasteiger partial charge in [0.25, 0.3) is 5.91 Å². The maximum atomic E-state index is 12.3. The lowest BCUT2D eigenvalue weighted by Gasteiger charge is -2.20. The molecule has 110 valence electrons. The molecule has 1 aliphatic rings. The fraction of sp³-hybridized carbons (Fsp3) is 0.600.